The lowest BCUT2D eigenvalue weighted by molar-refractivity contribution is 1.18. The fourth-order valence-electron chi connectivity index (χ4n) is 8.40. The minimum Gasteiger partial charge on any atom is -0.355 e. The molecule has 11 rings (SSSR count). The van der Waals surface area contributed by atoms with Gasteiger partial charge in [0.15, 0.2) is 0 Å². The molecule has 2 nitrogen and oxygen atoms in total. The van der Waals surface area contributed by atoms with Crippen LogP contribution in [0.1, 0.15) is 0 Å². The Morgan fingerprint density at radius 1 is 0.327 bits per heavy atom. The summed E-state index contributed by atoms with van der Waals surface area (Å²) in [6.07, 6.45) is 0. The SMILES string of the molecule is c1ccc(-n2c3ccccc3c3cc(-c4ccc(-c5ccccc5Nc5cccc6c(-c7ccc8c(c7)sc7ccccc78)cccc56)cc4)ccc32)cc1. The smallest absolute Gasteiger partial charge is 0.0541 e. The van der Waals surface area contributed by atoms with Crippen molar-refractivity contribution < 1.29 is 0 Å². The molecule has 55 heavy (non-hydrogen) atoms. The van der Waals surface area contributed by atoms with Gasteiger partial charge in [-0.2, -0.15) is 0 Å². The minimum absolute atomic E-state index is 1.08. The summed E-state index contributed by atoms with van der Waals surface area (Å²) in [5.74, 6) is 0. The zero-order valence-corrected chi connectivity index (χ0v) is 30.7. The second kappa shape index (κ2) is 12.9. The van der Waals surface area contributed by atoms with Gasteiger partial charge in [-0.05, 0) is 87.8 Å². The summed E-state index contributed by atoms with van der Waals surface area (Å²) < 4.78 is 5.02. The molecule has 11 aromatic rings. The van der Waals surface area contributed by atoms with E-state index in [1.807, 2.05) is 11.3 Å². The second-order valence-corrected chi connectivity index (χ2v) is 15.3. The molecule has 0 aliphatic rings. The number of fused-ring (bicyclic) bond motifs is 7. The van der Waals surface area contributed by atoms with Gasteiger partial charge in [-0.15, -0.1) is 11.3 Å². The minimum atomic E-state index is 1.08. The number of nitrogens with one attached hydrogen (secondary N) is 1. The Morgan fingerprint density at radius 2 is 0.945 bits per heavy atom. The van der Waals surface area contributed by atoms with Crippen LogP contribution >= 0.6 is 11.3 Å². The highest BCUT2D eigenvalue weighted by Crippen LogP contribution is 2.41. The van der Waals surface area contributed by atoms with E-state index in [2.05, 4.69) is 210 Å². The van der Waals surface area contributed by atoms with Crippen LogP contribution < -0.4 is 5.32 Å². The summed E-state index contributed by atoms with van der Waals surface area (Å²) in [6, 6.07) is 72.7. The van der Waals surface area contributed by atoms with E-state index in [4.69, 9.17) is 0 Å². The van der Waals surface area contributed by atoms with E-state index in [0.29, 0.717) is 0 Å². The van der Waals surface area contributed by atoms with Crippen LogP contribution in [0.25, 0.3) is 91.8 Å². The molecule has 0 aliphatic carbocycles. The molecule has 0 spiro atoms. The predicted molar refractivity (Wildman–Crippen MR) is 237 cm³/mol. The lowest BCUT2D eigenvalue weighted by Crippen LogP contribution is -1.95. The molecule has 0 saturated carbocycles. The molecule has 0 fully saturated rings. The summed E-state index contributed by atoms with van der Waals surface area (Å²) in [5.41, 5.74) is 13.0. The van der Waals surface area contributed by atoms with Crippen molar-refractivity contribution in [3.63, 3.8) is 0 Å². The van der Waals surface area contributed by atoms with Crippen molar-refractivity contribution >= 4 is 75.5 Å². The van der Waals surface area contributed by atoms with E-state index in [0.717, 1.165) is 11.4 Å². The first-order chi connectivity index (χ1) is 27.3. The standard InChI is InChI=1S/C52H34N2S/c1-2-12-38(13-3-1)54-49-22-8-5-15-43(49)46-32-36(29-31-50(46)54)34-24-26-35(27-25-34)40-14-4-7-20-47(40)53-48-21-11-18-41-39(17-10-19-42(41)48)37-28-30-45-44-16-6-9-23-51(44)55-52(45)33-37/h1-33,53H. The van der Waals surface area contributed by atoms with Gasteiger partial charge in [-0.3, -0.25) is 0 Å². The van der Waals surface area contributed by atoms with Gasteiger partial charge in [0.05, 0.1) is 11.0 Å². The van der Waals surface area contributed by atoms with Crippen molar-refractivity contribution in [3.05, 3.63) is 200 Å². The summed E-state index contributed by atoms with van der Waals surface area (Å²) in [6.45, 7) is 0. The number of para-hydroxylation sites is 3. The second-order valence-electron chi connectivity index (χ2n) is 14.2. The predicted octanol–water partition coefficient (Wildman–Crippen LogP) is 15.0. The lowest BCUT2D eigenvalue weighted by atomic mass is 9.96. The molecule has 0 amide bonds. The fourth-order valence-corrected chi connectivity index (χ4v) is 9.55. The van der Waals surface area contributed by atoms with Crippen molar-refractivity contribution in [2.75, 3.05) is 5.32 Å². The maximum absolute atomic E-state index is 3.84. The highest BCUT2D eigenvalue weighted by atomic mass is 32.1. The van der Waals surface area contributed by atoms with Gasteiger partial charge in [0, 0.05) is 59.0 Å². The van der Waals surface area contributed by atoms with E-state index in [1.54, 1.807) is 0 Å². The number of benzene rings is 9. The first kappa shape index (κ1) is 31.6. The number of aromatic nitrogens is 1. The van der Waals surface area contributed by atoms with Crippen molar-refractivity contribution in [1.82, 2.24) is 4.57 Å². The molecule has 0 saturated heterocycles. The third-order valence-electron chi connectivity index (χ3n) is 11.0. The van der Waals surface area contributed by atoms with Crippen LogP contribution in [0.3, 0.4) is 0 Å². The molecule has 0 radical (unpaired) electrons. The Balaban J connectivity index is 0.927. The Morgan fingerprint density at radius 3 is 1.85 bits per heavy atom. The first-order valence-electron chi connectivity index (χ1n) is 18.8. The van der Waals surface area contributed by atoms with Gasteiger partial charge in [-0.1, -0.05) is 146 Å². The maximum Gasteiger partial charge on any atom is 0.0541 e. The van der Waals surface area contributed by atoms with Crippen LogP contribution in [0.4, 0.5) is 11.4 Å². The maximum atomic E-state index is 3.84. The highest BCUT2D eigenvalue weighted by molar-refractivity contribution is 7.25. The van der Waals surface area contributed by atoms with Gasteiger partial charge in [0.2, 0.25) is 0 Å². The molecule has 2 aromatic heterocycles. The lowest BCUT2D eigenvalue weighted by Gasteiger charge is -2.16. The summed E-state index contributed by atoms with van der Waals surface area (Å²) in [7, 11) is 0. The largest absolute Gasteiger partial charge is 0.355 e. The molecule has 2 heterocycles. The Bertz CT molecular complexity index is 3220. The molecule has 258 valence electrons. The zero-order valence-electron chi connectivity index (χ0n) is 29.9. The molecular weight excluding hydrogens is 685 g/mol. The quantitative estimate of drug-likeness (QED) is 0.181. The topological polar surface area (TPSA) is 17.0 Å². The average Bonchev–Trinajstić information content (AvgIpc) is 3.79. The van der Waals surface area contributed by atoms with E-state index in [9.17, 15) is 0 Å². The molecule has 3 heteroatoms. The fraction of sp³-hybridized carbons (Fsp3) is 0. The number of rotatable bonds is 6. The summed E-state index contributed by atoms with van der Waals surface area (Å²) >= 11 is 1.87. The van der Waals surface area contributed by atoms with Crippen LogP contribution in [0.15, 0.2) is 200 Å². The normalized spacial score (nSPS) is 11.6. The molecule has 0 bridgehead atoms. The first-order valence-corrected chi connectivity index (χ1v) is 19.6. The van der Waals surface area contributed by atoms with Gasteiger partial charge < -0.3 is 9.88 Å². The van der Waals surface area contributed by atoms with Gasteiger partial charge >= 0.3 is 0 Å². The van der Waals surface area contributed by atoms with Crippen LogP contribution in [0.2, 0.25) is 0 Å². The number of thiophene rings is 1. The molecule has 9 aromatic carbocycles. The molecule has 1 N–H and O–H groups in total. The van der Waals surface area contributed by atoms with Crippen LogP contribution in [-0.2, 0) is 0 Å². The Hall–Kier alpha value is -6.94. The van der Waals surface area contributed by atoms with Gasteiger partial charge in [0.1, 0.15) is 0 Å². The monoisotopic (exact) mass is 718 g/mol. The van der Waals surface area contributed by atoms with Crippen molar-refractivity contribution in [2.24, 2.45) is 0 Å². The van der Waals surface area contributed by atoms with E-state index < -0.39 is 0 Å². The van der Waals surface area contributed by atoms with E-state index >= 15 is 0 Å². The van der Waals surface area contributed by atoms with Crippen molar-refractivity contribution in [1.29, 1.82) is 0 Å². The van der Waals surface area contributed by atoms with E-state index in [-0.39, 0.29) is 0 Å². The van der Waals surface area contributed by atoms with Crippen LogP contribution in [-0.4, -0.2) is 4.57 Å². The number of hydrogen-bond donors (Lipinski definition) is 1. The van der Waals surface area contributed by atoms with Gasteiger partial charge in [0.25, 0.3) is 0 Å². The summed E-state index contributed by atoms with van der Waals surface area (Å²) in [5, 5.41) is 11.4. The van der Waals surface area contributed by atoms with Gasteiger partial charge in [-0.25, -0.2) is 0 Å². The molecule has 0 unspecified atom stereocenters. The molecular formula is C52H34N2S. The van der Waals surface area contributed by atoms with Crippen LogP contribution in [0, 0.1) is 0 Å². The zero-order chi connectivity index (χ0) is 36.3. The number of nitrogens with zero attached hydrogens (tertiary/aromatic N) is 1. The van der Waals surface area contributed by atoms with E-state index in [1.165, 1.54) is 91.8 Å². The number of hydrogen-bond acceptors (Lipinski definition) is 2. The van der Waals surface area contributed by atoms with Crippen molar-refractivity contribution in [3.8, 4) is 39.1 Å². The van der Waals surface area contributed by atoms with Crippen molar-refractivity contribution in [2.45, 2.75) is 0 Å². The third-order valence-corrected chi connectivity index (χ3v) is 12.2. The highest BCUT2D eigenvalue weighted by Gasteiger charge is 2.15. The van der Waals surface area contributed by atoms with Crippen LogP contribution in [0.5, 0.6) is 0 Å². The average molecular weight is 719 g/mol. The number of anilines is 2. The Kier molecular flexibility index (Phi) is 7.39. The Labute approximate surface area is 323 Å². The molecule has 0 aliphatic heterocycles. The summed E-state index contributed by atoms with van der Waals surface area (Å²) in [4.78, 5) is 0. The molecule has 0 atom stereocenters. The third kappa shape index (κ3) is 5.32.